The predicted octanol–water partition coefficient (Wildman–Crippen LogP) is 3.64. The molecule has 2 fully saturated rings. The molecule has 130 valence electrons. The molecule has 0 radical (unpaired) electrons. The Labute approximate surface area is 145 Å². The molecule has 0 atom stereocenters. The van der Waals surface area contributed by atoms with Crippen molar-refractivity contribution in [2.24, 2.45) is 5.92 Å². The maximum Gasteiger partial charge on any atom is 0.206 e. The fraction of sp³-hybridized carbons (Fsp3) is 0.650. The zero-order valence-electron chi connectivity index (χ0n) is 15.1. The number of nitrogens with one attached hydrogen (secondary N) is 1. The molecule has 2 heterocycles. The number of rotatable bonds is 3. The third kappa shape index (κ3) is 3.04. The predicted molar refractivity (Wildman–Crippen MR) is 101 cm³/mol. The Hall–Kier alpha value is -1.55. The van der Waals surface area contributed by atoms with Gasteiger partial charge in [-0.15, -0.1) is 0 Å². The van der Waals surface area contributed by atoms with Gasteiger partial charge in [0, 0.05) is 32.7 Å². The average Bonchev–Trinajstić information content (AvgIpc) is 2.95. The van der Waals surface area contributed by atoms with E-state index in [0.717, 1.165) is 38.6 Å². The van der Waals surface area contributed by atoms with Gasteiger partial charge in [-0.25, -0.2) is 4.98 Å². The quantitative estimate of drug-likeness (QED) is 0.935. The summed E-state index contributed by atoms with van der Waals surface area (Å²) in [6.07, 6.45) is 6.98. The Balaban J connectivity index is 1.75. The molecule has 2 aromatic rings. The highest BCUT2D eigenvalue weighted by Crippen LogP contribution is 2.31. The van der Waals surface area contributed by atoms with Crippen molar-refractivity contribution in [1.29, 1.82) is 0 Å². The summed E-state index contributed by atoms with van der Waals surface area (Å²) >= 11 is 0. The van der Waals surface area contributed by atoms with Crippen LogP contribution >= 0.6 is 0 Å². The number of hydrogen-bond acceptors (Lipinski definition) is 3. The lowest BCUT2D eigenvalue weighted by atomic mass is 9.89. The normalized spacial score (nSPS) is 20.0. The first-order chi connectivity index (χ1) is 11.7. The van der Waals surface area contributed by atoms with Gasteiger partial charge < -0.3 is 14.8 Å². The highest BCUT2D eigenvalue weighted by Gasteiger charge is 2.22. The summed E-state index contributed by atoms with van der Waals surface area (Å²) in [5.41, 5.74) is 5.22. The van der Waals surface area contributed by atoms with Crippen LogP contribution in [0.15, 0.2) is 12.1 Å². The zero-order chi connectivity index (χ0) is 16.5. The van der Waals surface area contributed by atoms with E-state index in [9.17, 15) is 0 Å². The number of fused-ring (bicyclic) bond motifs is 1. The summed E-state index contributed by atoms with van der Waals surface area (Å²) in [5, 5.41) is 3.46. The Kier molecular flexibility index (Phi) is 4.49. The van der Waals surface area contributed by atoms with Gasteiger partial charge in [-0.1, -0.05) is 19.3 Å². The molecular weight excluding hydrogens is 296 g/mol. The van der Waals surface area contributed by atoms with Crippen molar-refractivity contribution < 1.29 is 0 Å². The molecule has 1 N–H and O–H groups in total. The van der Waals surface area contributed by atoms with Crippen molar-refractivity contribution in [3.8, 4) is 0 Å². The lowest BCUT2D eigenvalue weighted by Crippen LogP contribution is -2.44. The second-order valence-corrected chi connectivity index (χ2v) is 7.69. The summed E-state index contributed by atoms with van der Waals surface area (Å²) < 4.78 is 2.53. The third-order valence-corrected chi connectivity index (χ3v) is 5.91. The van der Waals surface area contributed by atoms with E-state index in [-0.39, 0.29) is 0 Å². The van der Waals surface area contributed by atoms with Crippen molar-refractivity contribution in [2.45, 2.75) is 52.5 Å². The Bertz CT molecular complexity index is 706. The molecule has 2 aliphatic rings. The van der Waals surface area contributed by atoms with Gasteiger partial charge in [0.25, 0.3) is 0 Å². The van der Waals surface area contributed by atoms with Crippen LogP contribution in [0.25, 0.3) is 11.0 Å². The molecule has 4 rings (SSSR count). The minimum Gasteiger partial charge on any atom is -0.340 e. The topological polar surface area (TPSA) is 33.1 Å². The zero-order valence-corrected chi connectivity index (χ0v) is 15.1. The molecule has 4 nitrogen and oxygen atoms in total. The first kappa shape index (κ1) is 15.9. The minimum absolute atomic E-state index is 0.819. The smallest absolute Gasteiger partial charge is 0.206 e. The van der Waals surface area contributed by atoms with Crippen LogP contribution in [-0.4, -0.2) is 35.7 Å². The molecule has 1 saturated heterocycles. The molecule has 0 bridgehead atoms. The molecular formula is C20H30N4. The molecule has 4 heteroatoms. The summed E-state index contributed by atoms with van der Waals surface area (Å²) in [4.78, 5) is 7.54. The van der Waals surface area contributed by atoms with Crippen LogP contribution in [0.4, 0.5) is 5.95 Å². The third-order valence-electron chi connectivity index (χ3n) is 5.91. The number of aryl methyl sites for hydroxylation is 2. The van der Waals surface area contributed by atoms with Crippen LogP contribution in [0.2, 0.25) is 0 Å². The van der Waals surface area contributed by atoms with Crippen LogP contribution < -0.4 is 10.2 Å². The Morgan fingerprint density at radius 3 is 2.50 bits per heavy atom. The van der Waals surface area contributed by atoms with Gasteiger partial charge in [0.05, 0.1) is 11.0 Å². The first-order valence-electron chi connectivity index (χ1n) is 9.65. The van der Waals surface area contributed by atoms with E-state index in [1.807, 2.05) is 0 Å². The van der Waals surface area contributed by atoms with Gasteiger partial charge in [-0.2, -0.15) is 0 Å². The van der Waals surface area contributed by atoms with Gasteiger partial charge in [0.2, 0.25) is 5.95 Å². The van der Waals surface area contributed by atoms with Gasteiger partial charge in [-0.05, 0) is 55.9 Å². The van der Waals surface area contributed by atoms with E-state index in [1.54, 1.807) is 0 Å². The fourth-order valence-electron chi connectivity index (χ4n) is 4.28. The molecule has 1 aromatic heterocycles. The number of hydrogen-bond donors (Lipinski definition) is 1. The number of anilines is 1. The Morgan fingerprint density at radius 2 is 1.75 bits per heavy atom. The fourth-order valence-corrected chi connectivity index (χ4v) is 4.28. The summed E-state index contributed by atoms with van der Waals surface area (Å²) in [6, 6.07) is 4.62. The highest BCUT2D eigenvalue weighted by molar-refractivity contribution is 5.80. The van der Waals surface area contributed by atoms with Crippen LogP contribution in [0.1, 0.15) is 43.2 Å². The number of imidazole rings is 1. The van der Waals surface area contributed by atoms with E-state index >= 15 is 0 Å². The van der Waals surface area contributed by atoms with Crippen molar-refractivity contribution in [3.05, 3.63) is 23.3 Å². The van der Waals surface area contributed by atoms with Crippen LogP contribution in [-0.2, 0) is 6.54 Å². The largest absolute Gasteiger partial charge is 0.340 e. The summed E-state index contributed by atoms with van der Waals surface area (Å²) in [5.74, 6) is 2.02. The van der Waals surface area contributed by atoms with Crippen molar-refractivity contribution in [3.63, 3.8) is 0 Å². The second-order valence-electron chi connectivity index (χ2n) is 7.69. The van der Waals surface area contributed by atoms with E-state index in [0.29, 0.717) is 0 Å². The van der Waals surface area contributed by atoms with Crippen LogP contribution in [0, 0.1) is 19.8 Å². The monoisotopic (exact) mass is 326 g/mol. The maximum absolute atomic E-state index is 5.06. The summed E-state index contributed by atoms with van der Waals surface area (Å²) in [7, 11) is 0. The summed E-state index contributed by atoms with van der Waals surface area (Å²) in [6.45, 7) is 9.79. The number of nitrogens with zero attached hydrogens (tertiary/aromatic N) is 3. The van der Waals surface area contributed by atoms with Crippen molar-refractivity contribution in [1.82, 2.24) is 14.9 Å². The number of benzene rings is 1. The lowest BCUT2D eigenvalue weighted by Gasteiger charge is -2.30. The number of piperazine rings is 1. The van der Waals surface area contributed by atoms with Gasteiger partial charge in [0.15, 0.2) is 0 Å². The van der Waals surface area contributed by atoms with E-state index in [2.05, 4.69) is 40.8 Å². The first-order valence-corrected chi connectivity index (χ1v) is 9.65. The number of aromatic nitrogens is 2. The molecule has 0 spiro atoms. The van der Waals surface area contributed by atoms with E-state index in [4.69, 9.17) is 4.98 Å². The minimum atomic E-state index is 0.819. The molecule has 24 heavy (non-hydrogen) atoms. The molecule has 0 unspecified atom stereocenters. The second kappa shape index (κ2) is 6.75. The molecule has 1 aromatic carbocycles. The molecule has 1 aliphatic heterocycles. The average molecular weight is 326 g/mol. The molecule has 1 aliphatic carbocycles. The Morgan fingerprint density at radius 1 is 1.04 bits per heavy atom. The highest BCUT2D eigenvalue weighted by atomic mass is 15.3. The van der Waals surface area contributed by atoms with Crippen LogP contribution in [0.3, 0.4) is 0 Å². The van der Waals surface area contributed by atoms with Crippen LogP contribution in [0.5, 0.6) is 0 Å². The van der Waals surface area contributed by atoms with Crippen molar-refractivity contribution in [2.75, 3.05) is 31.1 Å². The maximum atomic E-state index is 5.06. The molecule has 0 amide bonds. The lowest BCUT2D eigenvalue weighted by molar-refractivity contribution is 0.322. The van der Waals surface area contributed by atoms with E-state index in [1.165, 1.54) is 60.2 Å². The van der Waals surface area contributed by atoms with E-state index < -0.39 is 0 Å². The standard InChI is InChI=1S/C20H30N4/c1-15-12-18-19(13-16(15)2)24(14-17-6-4-3-5-7-17)20(22-18)23-10-8-21-9-11-23/h12-13,17,21H,3-11,14H2,1-2H3. The van der Waals surface area contributed by atoms with Gasteiger partial charge in [-0.3, -0.25) is 0 Å². The van der Waals surface area contributed by atoms with Gasteiger partial charge in [0.1, 0.15) is 0 Å². The molecule has 1 saturated carbocycles. The SMILES string of the molecule is Cc1cc2nc(N3CCNCC3)n(CC3CCCCC3)c2cc1C. The van der Waals surface area contributed by atoms with Gasteiger partial charge >= 0.3 is 0 Å². The van der Waals surface area contributed by atoms with Crippen molar-refractivity contribution >= 4 is 17.0 Å².